The number of hydrogen-bond donors (Lipinski definition) is 2. The number of halogens is 4. The first-order chi connectivity index (χ1) is 9.38. The van der Waals surface area contributed by atoms with Gasteiger partial charge in [-0.1, -0.05) is 15.9 Å². The first-order valence-corrected chi connectivity index (χ1v) is 6.98. The summed E-state index contributed by atoms with van der Waals surface area (Å²) in [6.45, 7) is 0. The van der Waals surface area contributed by atoms with E-state index in [1.807, 2.05) is 0 Å². The van der Waals surface area contributed by atoms with Gasteiger partial charge in [-0.3, -0.25) is 4.79 Å². The largest absolute Gasteiger partial charge is 0.396 e. The smallest absolute Gasteiger partial charge is 0.258 e. The molecule has 0 heterocycles. The molecule has 2 rings (SSSR count). The van der Waals surface area contributed by atoms with Crippen LogP contribution in [0.2, 0.25) is 0 Å². The fourth-order valence-corrected chi connectivity index (χ4v) is 2.67. The van der Waals surface area contributed by atoms with Crippen molar-refractivity contribution in [2.45, 2.75) is 0 Å². The molecule has 104 valence electrons. The summed E-state index contributed by atoms with van der Waals surface area (Å²) in [4.78, 5) is 12.0. The van der Waals surface area contributed by atoms with E-state index < -0.39 is 17.5 Å². The van der Waals surface area contributed by atoms with E-state index in [0.717, 1.165) is 10.5 Å². The average Bonchev–Trinajstić information content (AvgIpc) is 2.37. The number of benzene rings is 2. The van der Waals surface area contributed by atoms with E-state index in [9.17, 15) is 13.6 Å². The van der Waals surface area contributed by atoms with Gasteiger partial charge in [-0.15, -0.1) is 0 Å². The van der Waals surface area contributed by atoms with E-state index in [2.05, 4.69) is 37.2 Å². The molecule has 0 radical (unpaired) electrons. The molecule has 0 aliphatic heterocycles. The number of nitrogens with two attached hydrogens (primary N) is 1. The highest BCUT2D eigenvalue weighted by molar-refractivity contribution is 9.11. The number of carbonyl (C=O) groups is 1. The number of amides is 1. The highest BCUT2D eigenvalue weighted by Crippen LogP contribution is 2.27. The monoisotopic (exact) mass is 404 g/mol. The third-order valence-corrected chi connectivity index (χ3v) is 3.66. The first kappa shape index (κ1) is 14.9. The minimum atomic E-state index is -0.970. The summed E-state index contributed by atoms with van der Waals surface area (Å²) in [5.74, 6) is -2.58. The van der Waals surface area contributed by atoms with Crippen LogP contribution in [-0.2, 0) is 0 Å². The van der Waals surface area contributed by atoms with E-state index in [0.29, 0.717) is 16.2 Å². The van der Waals surface area contributed by atoms with Crippen molar-refractivity contribution in [2.24, 2.45) is 0 Å². The minimum absolute atomic E-state index is 0.286. The van der Waals surface area contributed by atoms with Gasteiger partial charge in [-0.05, 0) is 40.2 Å². The molecule has 0 aliphatic carbocycles. The SMILES string of the molecule is Nc1cc(C(=O)Nc2ccc(Br)cc2Br)c(F)cc1F. The maximum absolute atomic E-state index is 13.6. The molecule has 0 aromatic heterocycles. The Morgan fingerprint density at radius 1 is 1.10 bits per heavy atom. The lowest BCUT2D eigenvalue weighted by Crippen LogP contribution is -2.15. The summed E-state index contributed by atoms with van der Waals surface area (Å²) in [7, 11) is 0. The van der Waals surface area contributed by atoms with Crippen LogP contribution in [0.25, 0.3) is 0 Å². The molecule has 0 unspecified atom stereocenters. The van der Waals surface area contributed by atoms with E-state index in [1.165, 1.54) is 0 Å². The predicted molar refractivity (Wildman–Crippen MR) is 80.6 cm³/mol. The van der Waals surface area contributed by atoms with Gasteiger partial charge in [0.05, 0.1) is 16.9 Å². The minimum Gasteiger partial charge on any atom is -0.396 e. The first-order valence-electron chi connectivity index (χ1n) is 5.39. The fourth-order valence-electron chi connectivity index (χ4n) is 1.52. The molecule has 3 nitrogen and oxygen atoms in total. The van der Waals surface area contributed by atoms with Crippen LogP contribution in [0.5, 0.6) is 0 Å². The van der Waals surface area contributed by atoms with E-state index in [1.54, 1.807) is 18.2 Å². The number of rotatable bonds is 2. The van der Waals surface area contributed by atoms with Gasteiger partial charge in [0.2, 0.25) is 0 Å². The highest BCUT2D eigenvalue weighted by atomic mass is 79.9. The van der Waals surface area contributed by atoms with Crippen molar-refractivity contribution in [3.8, 4) is 0 Å². The van der Waals surface area contributed by atoms with Crippen LogP contribution in [0.1, 0.15) is 10.4 Å². The molecule has 0 spiro atoms. The molecule has 20 heavy (non-hydrogen) atoms. The standard InChI is InChI=1S/C13H8Br2F2N2O/c14-6-1-2-12(8(15)3-6)19-13(20)7-4-11(18)10(17)5-9(7)16/h1-5H,18H2,(H,19,20). The van der Waals surface area contributed by atoms with Gasteiger partial charge in [-0.25, -0.2) is 8.78 Å². The van der Waals surface area contributed by atoms with Crippen molar-refractivity contribution in [1.82, 2.24) is 0 Å². The normalized spacial score (nSPS) is 10.4. The lowest BCUT2D eigenvalue weighted by Gasteiger charge is -2.09. The third-order valence-electron chi connectivity index (χ3n) is 2.51. The molecule has 2 aromatic carbocycles. The molecular weight excluding hydrogens is 398 g/mol. The summed E-state index contributed by atoms with van der Waals surface area (Å²) < 4.78 is 28.1. The van der Waals surface area contributed by atoms with Crippen LogP contribution >= 0.6 is 31.9 Å². The highest BCUT2D eigenvalue weighted by Gasteiger charge is 2.16. The lowest BCUT2D eigenvalue weighted by atomic mass is 10.1. The van der Waals surface area contributed by atoms with Crippen LogP contribution in [0.4, 0.5) is 20.2 Å². The van der Waals surface area contributed by atoms with Gasteiger partial charge >= 0.3 is 0 Å². The van der Waals surface area contributed by atoms with Gasteiger partial charge in [0.1, 0.15) is 11.6 Å². The molecule has 7 heteroatoms. The van der Waals surface area contributed by atoms with Crippen molar-refractivity contribution in [3.63, 3.8) is 0 Å². The molecule has 0 saturated carbocycles. The zero-order valence-electron chi connectivity index (χ0n) is 9.88. The average molecular weight is 406 g/mol. The van der Waals surface area contributed by atoms with Gasteiger partial charge in [-0.2, -0.15) is 0 Å². The summed E-state index contributed by atoms with van der Waals surface area (Å²) in [6, 6.07) is 6.63. The van der Waals surface area contributed by atoms with E-state index in [4.69, 9.17) is 5.73 Å². The van der Waals surface area contributed by atoms with Crippen molar-refractivity contribution in [3.05, 3.63) is 56.5 Å². The summed E-state index contributed by atoms with van der Waals surface area (Å²) in [5.41, 5.74) is 5.19. The molecule has 1 amide bonds. The van der Waals surface area contributed by atoms with Crippen LogP contribution in [0.15, 0.2) is 39.3 Å². The summed E-state index contributed by atoms with van der Waals surface area (Å²) in [6.07, 6.45) is 0. The van der Waals surface area contributed by atoms with Crippen LogP contribution in [0, 0.1) is 11.6 Å². The quantitative estimate of drug-likeness (QED) is 0.731. The Hall–Kier alpha value is -1.47. The topological polar surface area (TPSA) is 55.1 Å². The molecule has 0 saturated heterocycles. The van der Waals surface area contributed by atoms with Gasteiger partial charge < -0.3 is 11.1 Å². The lowest BCUT2D eigenvalue weighted by molar-refractivity contribution is 0.102. The zero-order chi connectivity index (χ0) is 14.9. The molecule has 0 bridgehead atoms. The number of hydrogen-bond acceptors (Lipinski definition) is 2. The Morgan fingerprint density at radius 2 is 1.80 bits per heavy atom. The second-order valence-electron chi connectivity index (χ2n) is 3.93. The summed E-state index contributed by atoms with van der Waals surface area (Å²) in [5, 5.41) is 2.52. The molecule has 3 N–H and O–H groups in total. The Morgan fingerprint density at radius 3 is 2.45 bits per heavy atom. The third kappa shape index (κ3) is 3.16. The second kappa shape index (κ2) is 5.88. The predicted octanol–water partition coefficient (Wildman–Crippen LogP) is 4.32. The van der Waals surface area contributed by atoms with Crippen LogP contribution < -0.4 is 11.1 Å². The second-order valence-corrected chi connectivity index (χ2v) is 5.70. The van der Waals surface area contributed by atoms with Gasteiger partial charge in [0.15, 0.2) is 0 Å². The number of anilines is 2. The number of nitrogens with one attached hydrogen (secondary N) is 1. The Balaban J connectivity index is 2.31. The fraction of sp³-hybridized carbons (Fsp3) is 0. The van der Waals surface area contributed by atoms with Crippen molar-refractivity contribution in [1.29, 1.82) is 0 Å². The number of nitrogen functional groups attached to an aromatic ring is 1. The molecule has 0 atom stereocenters. The maximum Gasteiger partial charge on any atom is 0.258 e. The maximum atomic E-state index is 13.6. The number of carbonyl (C=O) groups excluding carboxylic acids is 1. The zero-order valence-corrected chi connectivity index (χ0v) is 13.1. The van der Waals surface area contributed by atoms with E-state index >= 15 is 0 Å². The Labute approximate surface area is 130 Å². The molecule has 2 aromatic rings. The van der Waals surface area contributed by atoms with Crippen molar-refractivity contribution in [2.75, 3.05) is 11.1 Å². The summed E-state index contributed by atoms with van der Waals surface area (Å²) >= 11 is 6.55. The Bertz CT molecular complexity index is 692. The van der Waals surface area contributed by atoms with Gasteiger partial charge in [0.25, 0.3) is 5.91 Å². The molecular formula is C13H8Br2F2N2O. The molecule has 0 fully saturated rings. The van der Waals surface area contributed by atoms with Crippen molar-refractivity contribution < 1.29 is 13.6 Å². The van der Waals surface area contributed by atoms with E-state index in [-0.39, 0.29) is 11.3 Å². The van der Waals surface area contributed by atoms with Crippen molar-refractivity contribution >= 4 is 49.1 Å². The van der Waals surface area contributed by atoms with Gasteiger partial charge in [0, 0.05) is 15.0 Å². The molecule has 0 aliphatic rings. The van der Waals surface area contributed by atoms with Crippen LogP contribution in [0.3, 0.4) is 0 Å². The Kier molecular flexibility index (Phi) is 4.39. The van der Waals surface area contributed by atoms with Crippen LogP contribution in [-0.4, -0.2) is 5.91 Å².